The number of benzene rings is 4. The van der Waals surface area contributed by atoms with Crippen molar-refractivity contribution in [3.8, 4) is 0 Å². The van der Waals surface area contributed by atoms with Crippen LogP contribution < -0.4 is 4.90 Å². The molecule has 0 atom stereocenters. The standard InChI is InChI=1S/C30H29NOSSi/c1-29(2,3)34-32-30(22-14-7-5-8-15-22,23-16-9-6-10-17-23)24-18-13-20-26-28(24)33-27-21-12-11-19-25(27)31(26)4/h5-21H,1-4H3. The van der Waals surface area contributed by atoms with E-state index in [-0.39, 0.29) is 5.04 Å². The Hall–Kier alpha value is -2.79. The lowest BCUT2D eigenvalue weighted by atomic mass is 9.80. The van der Waals surface area contributed by atoms with Gasteiger partial charge in [-0.15, -0.1) is 0 Å². The van der Waals surface area contributed by atoms with Gasteiger partial charge in [0, 0.05) is 22.4 Å². The summed E-state index contributed by atoms with van der Waals surface area (Å²) in [6.07, 6.45) is 0. The Balaban J connectivity index is 1.80. The number of nitrogens with zero attached hydrogens (tertiary/aromatic N) is 1. The van der Waals surface area contributed by atoms with Gasteiger partial charge in [-0.1, -0.05) is 117 Å². The highest BCUT2D eigenvalue weighted by Gasteiger charge is 2.42. The van der Waals surface area contributed by atoms with Crippen LogP contribution >= 0.6 is 11.8 Å². The minimum atomic E-state index is -0.723. The zero-order valence-corrected chi connectivity index (χ0v) is 21.9. The summed E-state index contributed by atoms with van der Waals surface area (Å²) >= 11 is 1.84. The van der Waals surface area contributed by atoms with Crippen LogP contribution in [0.15, 0.2) is 113 Å². The van der Waals surface area contributed by atoms with Crippen molar-refractivity contribution in [1.82, 2.24) is 0 Å². The molecule has 2 nitrogen and oxygen atoms in total. The number of rotatable bonds is 5. The molecule has 0 fully saturated rings. The number of hydrogen-bond acceptors (Lipinski definition) is 3. The number of hydrogen-bond donors (Lipinski definition) is 0. The van der Waals surface area contributed by atoms with Crippen molar-refractivity contribution in [2.75, 3.05) is 11.9 Å². The Labute approximate surface area is 209 Å². The van der Waals surface area contributed by atoms with Crippen LogP contribution in [0, 0.1) is 0 Å². The number of para-hydroxylation sites is 1. The largest absolute Gasteiger partial charge is 0.400 e. The molecule has 34 heavy (non-hydrogen) atoms. The van der Waals surface area contributed by atoms with E-state index < -0.39 is 5.60 Å². The lowest BCUT2D eigenvalue weighted by Crippen LogP contribution is -2.37. The fourth-order valence-electron chi connectivity index (χ4n) is 4.46. The number of fused-ring (bicyclic) bond motifs is 2. The van der Waals surface area contributed by atoms with E-state index in [1.165, 1.54) is 26.7 Å². The van der Waals surface area contributed by atoms with E-state index in [0.29, 0.717) is 9.76 Å². The Morgan fingerprint density at radius 3 is 1.85 bits per heavy atom. The lowest BCUT2D eigenvalue weighted by molar-refractivity contribution is 0.154. The molecule has 0 bridgehead atoms. The Kier molecular flexibility index (Phi) is 6.15. The quantitative estimate of drug-likeness (QED) is 0.212. The summed E-state index contributed by atoms with van der Waals surface area (Å²) in [7, 11) is 2.48. The van der Waals surface area contributed by atoms with E-state index in [1.54, 1.807) is 0 Å². The zero-order chi connectivity index (χ0) is 23.8. The van der Waals surface area contributed by atoms with Gasteiger partial charge >= 0.3 is 0 Å². The molecule has 0 saturated heterocycles. The van der Waals surface area contributed by atoms with E-state index >= 15 is 0 Å². The monoisotopic (exact) mass is 479 g/mol. The van der Waals surface area contributed by atoms with E-state index in [9.17, 15) is 0 Å². The number of anilines is 2. The third kappa shape index (κ3) is 4.11. The van der Waals surface area contributed by atoms with Crippen LogP contribution in [0.2, 0.25) is 5.04 Å². The first-order valence-corrected chi connectivity index (χ1v) is 13.3. The van der Waals surface area contributed by atoms with Crippen molar-refractivity contribution < 1.29 is 4.43 Å². The molecule has 2 radical (unpaired) electrons. The molecule has 1 aliphatic heterocycles. The van der Waals surface area contributed by atoms with Gasteiger partial charge in [-0.05, 0) is 34.4 Å². The summed E-state index contributed by atoms with van der Waals surface area (Å²) in [4.78, 5) is 4.81. The summed E-state index contributed by atoms with van der Waals surface area (Å²) in [5, 5.41) is 0.0419. The molecule has 1 heterocycles. The van der Waals surface area contributed by atoms with Crippen molar-refractivity contribution in [3.63, 3.8) is 0 Å². The first kappa shape index (κ1) is 23.0. The van der Waals surface area contributed by atoms with Gasteiger partial charge in [0.25, 0.3) is 0 Å². The van der Waals surface area contributed by atoms with Gasteiger partial charge in [0.2, 0.25) is 9.76 Å². The average Bonchev–Trinajstić information content (AvgIpc) is 2.86. The smallest absolute Gasteiger partial charge is 0.237 e. The molecule has 5 rings (SSSR count). The molecule has 0 unspecified atom stereocenters. The van der Waals surface area contributed by atoms with Crippen LogP contribution in [0.4, 0.5) is 11.4 Å². The topological polar surface area (TPSA) is 12.5 Å². The van der Waals surface area contributed by atoms with Gasteiger partial charge in [0.1, 0.15) is 5.60 Å². The first-order valence-electron chi connectivity index (χ1n) is 11.6. The van der Waals surface area contributed by atoms with Gasteiger partial charge in [0.15, 0.2) is 0 Å². The van der Waals surface area contributed by atoms with Crippen molar-refractivity contribution in [3.05, 3.63) is 120 Å². The van der Waals surface area contributed by atoms with Crippen LogP contribution in [0.25, 0.3) is 0 Å². The van der Waals surface area contributed by atoms with Gasteiger partial charge < -0.3 is 9.33 Å². The van der Waals surface area contributed by atoms with Crippen LogP contribution in [-0.2, 0) is 10.0 Å². The Bertz CT molecular complexity index is 1240. The second kappa shape index (κ2) is 9.10. The highest BCUT2D eigenvalue weighted by molar-refractivity contribution is 7.99. The maximum Gasteiger partial charge on any atom is 0.237 e. The summed E-state index contributed by atoms with van der Waals surface area (Å²) in [6, 6.07) is 36.7. The maximum absolute atomic E-state index is 7.14. The van der Waals surface area contributed by atoms with Crippen molar-refractivity contribution in [1.29, 1.82) is 0 Å². The molecule has 4 aromatic carbocycles. The van der Waals surface area contributed by atoms with Gasteiger partial charge in [-0.3, -0.25) is 0 Å². The van der Waals surface area contributed by atoms with E-state index in [2.05, 4.69) is 136 Å². The fourth-order valence-corrected chi connectivity index (χ4v) is 6.57. The van der Waals surface area contributed by atoms with E-state index in [0.717, 1.165) is 11.1 Å². The average molecular weight is 480 g/mol. The summed E-state index contributed by atoms with van der Waals surface area (Å²) in [5.41, 5.74) is 5.20. The Morgan fingerprint density at radius 2 is 1.24 bits per heavy atom. The van der Waals surface area contributed by atoms with Crippen LogP contribution in [0.1, 0.15) is 37.5 Å². The molecule has 0 aliphatic carbocycles. The van der Waals surface area contributed by atoms with Crippen molar-refractivity contribution in [2.24, 2.45) is 0 Å². The summed E-state index contributed by atoms with van der Waals surface area (Å²) in [6.45, 7) is 6.72. The molecule has 0 saturated carbocycles. The molecular formula is C30H29NOSSi. The lowest BCUT2D eigenvalue weighted by Gasteiger charge is -2.41. The molecule has 0 amide bonds. The van der Waals surface area contributed by atoms with Crippen LogP contribution in [0.3, 0.4) is 0 Å². The van der Waals surface area contributed by atoms with Gasteiger partial charge in [0.05, 0.1) is 11.4 Å². The Morgan fingerprint density at radius 1 is 0.676 bits per heavy atom. The minimum absolute atomic E-state index is 0.0419. The first-order chi connectivity index (χ1) is 16.4. The fraction of sp³-hybridized carbons (Fsp3) is 0.200. The van der Waals surface area contributed by atoms with Crippen LogP contribution in [-0.4, -0.2) is 16.8 Å². The molecule has 4 aromatic rings. The second-order valence-electron chi connectivity index (χ2n) is 9.65. The van der Waals surface area contributed by atoms with Crippen molar-refractivity contribution in [2.45, 2.75) is 41.2 Å². The van der Waals surface area contributed by atoms with E-state index in [1.807, 2.05) is 11.8 Å². The van der Waals surface area contributed by atoms with Gasteiger partial charge in [-0.25, -0.2) is 0 Å². The zero-order valence-electron chi connectivity index (χ0n) is 20.1. The maximum atomic E-state index is 7.14. The molecule has 170 valence electrons. The summed E-state index contributed by atoms with van der Waals surface area (Å²) in [5.74, 6) is 0. The molecule has 0 spiro atoms. The molecule has 0 N–H and O–H groups in total. The van der Waals surface area contributed by atoms with Gasteiger partial charge in [-0.2, -0.15) is 0 Å². The second-order valence-corrected chi connectivity index (χ2v) is 12.6. The SMILES string of the molecule is CN1c2ccccc2Sc2c1cccc2C(O[Si]C(C)(C)C)(c1ccccc1)c1ccccc1. The molecular weight excluding hydrogens is 450 g/mol. The van der Waals surface area contributed by atoms with Crippen molar-refractivity contribution >= 4 is 32.9 Å². The third-order valence-electron chi connectivity index (χ3n) is 6.04. The highest BCUT2D eigenvalue weighted by Crippen LogP contribution is 2.54. The van der Waals surface area contributed by atoms with E-state index in [4.69, 9.17) is 4.43 Å². The third-order valence-corrected chi connectivity index (χ3v) is 8.26. The highest BCUT2D eigenvalue weighted by atomic mass is 32.2. The molecule has 4 heteroatoms. The summed E-state index contributed by atoms with van der Waals surface area (Å²) < 4.78 is 7.14. The molecule has 0 aromatic heterocycles. The van der Waals surface area contributed by atoms with Crippen LogP contribution in [0.5, 0.6) is 0 Å². The predicted octanol–water partition coefficient (Wildman–Crippen LogP) is 8.07. The normalized spacial score (nSPS) is 13.4. The predicted molar refractivity (Wildman–Crippen MR) is 144 cm³/mol. The minimum Gasteiger partial charge on any atom is -0.400 e. The molecule has 1 aliphatic rings.